The van der Waals surface area contributed by atoms with Gasteiger partial charge in [0.1, 0.15) is 0 Å². The molecule has 2 aliphatic rings. The lowest BCUT2D eigenvalue weighted by molar-refractivity contribution is -0.136. The zero-order valence-corrected chi connectivity index (χ0v) is 17.1. The number of nitrogens with zero attached hydrogens (tertiary/aromatic N) is 5. The van der Waals surface area contributed by atoms with E-state index in [4.69, 9.17) is 4.74 Å². The maximum absolute atomic E-state index is 13.1. The zero-order valence-electron chi connectivity index (χ0n) is 17.1. The Kier molecular flexibility index (Phi) is 6.55. The van der Waals surface area contributed by atoms with Crippen molar-refractivity contribution in [3.8, 4) is 5.88 Å². The second-order valence-corrected chi connectivity index (χ2v) is 7.98. The lowest BCUT2D eigenvalue weighted by atomic mass is 9.99. The highest BCUT2D eigenvalue weighted by Crippen LogP contribution is 2.22. The van der Waals surface area contributed by atoms with Crippen LogP contribution in [0.1, 0.15) is 12.8 Å². The molecule has 1 aromatic heterocycles. The third-order valence-corrected chi connectivity index (χ3v) is 5.87. The molecule has 1 aromatic rings. The molecule has 0 aliphatic carbocycles. The second-order valence-electron chi connectivity index (χ2n) is 7.98. The molecule has 0 aromatic carbocycles. The van der Waals surface area contributed by atoms with Gasteiger partial charge in [0, 0.05) is 51.4 Å². The van der Waals surface area contributed by atoms with Crippen LogP contribution in [0.3, 0.4) is 0 Å². The van der Waals surface area contributed by atoms with E-state index in [0.717, 1.165) is 57.8 Å². The van der Waals surface area contributed by atoms with E-state index in [0.29, 0.717) is 17.8 Å². The number of pyridine rings is 1. The average Bonchev–Trinajstić information content (AvgIpc) is 2.89. The van der Waals surface area contributed by atoms with Crippen LogP contribution in [0.15, 0.2) is 18.3 Å². The number of ether oxygens (including phenoxy) is 1. The van der Waals surface area contributed by atoms with E-state index in [1.165, 1.54) is 0 Å². The van der Waals surface area contributed by atoms with Crippen LogP contribution in [0.25, 0.3) is 0 Å². The molecule has 0 N–H and O–H groups in total. The molecule has 2 atom stereocenters. The van der Waals surface area contributed by atoms with Crippen molar-refractivity contribution in [2.24, 2.45) is 5.92 Å². The van der Waals surface area contributed by atoms with Crippen LogP contribution in [-0.2, 0) is 4.79 Å². The summed E-state index contributed by atoms with van der Waals surface area (Å²) in [5.41, 5.74) is 1.09. The Balaban J connectivity index is 1.54. The lowest BCUT2D eigenvalue weighted by Gasteiger charge is -2.37. The summed E-state index contributed by atoms with van der Waals surface area (Å²) in [4.78, 5) is 26.3. The van der Waals surface area contributed by atoms with Crippen molar-refractivity contribution < 1.29 is 9.53 Å². The number of likely N-dealkylation sites (N-methyl/N-ethyl adjacent to an activating group) is 2. The minimum atomic E-state index is 0.120. The van der Waals surface area contributed by atoms with Crippen LogP contribution in [0.2, 0.25) is 0 Å². The van der Waals surface area contributed by atoms with Gasteiger partial charge >= 0.3 is 0 Å². The van der Waals surface area contributed by atoms with Gasteiger partial charge in [-0.2, -0.15) is 0 Å². The van der Waals surface area contributed by atoms with E-state index in [2.05, 4.69) is 45.7 Å². The molecule has 2 saturated heterocycles. The Hall–Kier alpha value is -1.86. The van der Waals surface area contributed by atoms with Gasteiger partial charge in [0.2, 0.25) is 11.8 Å². The van der Waals surface area contributed by atoms with Crippen molar-refractivity contribution in [2.75, 3.05) is 72.4 Å². The van der Waals surface area contributed by atoms with Crippen molar-refractivity contribution >= 4 is 11.6 Å². The summed E-state index contributed by atoms with van der Waals surface area (Å²) < 4.78 is 5.12. The van der Waals surface area contributed by atoms with E-state index in [-0.39, 0.29) is 5.92 Å². The second kappa shape index (κ2) is 8.89. The fourth-order valence-electron chi connectivity index (χ4n) is 4.13. The van der Waals surface area contributed by atoms with E-state index in [1.54, 1.807) is 7.11 Å². The summed E-state index contributed by atoms with van der Waals surface area (Å²) in [5, 5.41) is 0. The Morgan fingerprint density at radius 1 is 1.15 bits per heavy atom. The monoisotopic (exact) mass is 375 g/mol. The summed E-state index contributed by atoms with van der Waals surface area (Å²) in [6.07, 6.45) is 3.91. The summed E-state index contributed by atoms with van der Waals surface area (Å²) in [6, 6.07) is 4.45. The molecule has 0 bridgehead atoms. The molecule has 150 valence electrons. The van der Waals surface area contributed by atoms with Crippen LogP contribution >= 0.6 is 0 Å². The number of amides is 1. The number of rotatable bonds is 4. The molecule has 3 heterocycles. The molecule has 1 amide bonds. The third-order valence-electron chi connectivity index (χ3n) is 5.87. The molecule has 2 aliphatic heterocycles. The Labute approximate surface area is 162 Å². The first kappa shape index (κ1) is 19.9. The van der Waals surface area contributed by atoms with Gasteiger partial charge in [0.05, 0.1) is 24.9 Å². The van der Waals surface area contributed by atoms with Gasteiger partial charge in [0.25, 0.3) is 0 Å². The quantitative estimate of drug-likeness (QED) is 0.783. The number of anilines is 1. The normalized spacial score (nSPS) is 24.8. The maximum atomic E-state index is 13.1. The molecule has 0 unspecified atom stereocenters. The molecule has 7 heteroatoms. The average molecular weight is 376 g/mol. The highest BCUT2D eigenvalue weighted by molar-refractivity contribution is 5.79. The van der Waals surface area contributed by atoms with E-state index in [1.807, 2.05) is 18.3 Å². The van der Waals surface area contributed by atoms with E-state index in [9.17, 15) is 4.79 Å². The summed E-state index contributed by atoms with van der Waals surface area (Å²) >= 11 is 0. The number of likely N-dealkylation sites (tertiary alicyclic amines) is 1. The Morgan fingerprint density at radius 2 is 1.89 bits per heavy atom. The van der Waals surface area contributed by atoms with Gasteiger partial charge in [-0.1, -0.05) is 0 Å². The number of carbonyl (C=O) groups is 1. The summed E-state index contributed by atoms with van der Waals surface area (Å²) in [5.74, 6) is 1.07. The SMILES string of the molecule is COc1ccc(N2CCN(C(=O)[C@@H]3CC[C@H](N(C)C)CN(C)C3)CC2)cn1. The van der Waals surface area contributed by atoms with Gasteiger partial charge in [-0.25, -0.2) is 4.98 Å². The molecule has 27 heavy (non-hydrogen) atoms. The van der Waals surface area contributed by atoms with Gasteiger partial charge in [-0.15, -0.1) is 0 Å². The largest absolute Gasteiger partial charge is 0.481 e. The standard InChI is InChI=1S/C20H33N5O2/c1-22(2)18-6-5-16(14-23(3)15-18)20(26)25-11-9-24(10-12-25)17-7-8-19(27-4)21-13-17/h7-8,13,16,18H,5-6,9-12,14-15H2,1-4H3/t16-,18+/m1/s1. The topological polar surface area (TPSA) is 52.2 Å². The summed E-state index contributed by atoms with van der Waals surface area (Å²) in [7, 11) is 8.02. The molecular weight excluding hydrogens is 342 g/mol. The van der Waals surface area contributed by atoms with Crippen molar-refractivity contribution in [3.05, 3.63) is 18.3 Å². The van der Waals surface area contributed by atoms with E-state index < -0.39 is 0 Å². The van der Waals surface area contributed by atoms with Gasteiger partial charge in [0.15, 0.2) is 0 Å². The van der Waals surface area contributed by atoms with Crippen LogP contribution in [0, 0.1) is 5.92 Å². The highest BCUT2D eigenvalue weighted by Gasteiger charge is 2.31. The minimum Gasteiger partial charge on any atom is -0.481 e. The minimum absolute atomic E-state index is 0.120. The number of hydrogen-bond donors (Lipinski definition) is 0. The molecule has 0 saturated carbocycles. The van der Waals surface area contributed by atoms with Crippen LogP contribution in [0.4, 0.5) is 5.69 Å². The maximum Gasteiger partial charge on any atom is 0.227 e. The van der Waals surface area contributed by atoms with Crippen molar-refractivity contribution in [1.82, 2.24) is 19.7 Å². The van der Waals surface area contributed by atoms with E-state index >= 15 is 0 Å². The molecule has 3 rings (SSSR count). The Bertz CT molecular complexity index is 613. The smallest absolute Gasteiger partial charge is 0.227 e. The predicted octanol–water partition coefficient (Wildman–Crippen LogP) is 1.01. The number of methoxy groups -OCH3 is 1. The lowest BCUT2D eigenvalue weighted by Crippen LogP contribution is -2.51. The van der Waals surface area contributed by atoms with Crippen molar-refractivity contribution in [1.29, 1.82) is 0 Å². The summed E-state index contributed by atoms with van der Waals surface area (Å²) in [6.45, 7) is 5.16. The number of aromatic nitrogens is 1. The third kappa shape index (κ3) is 4.90. The zero-order chi connectivity index (χ0) is 19.4. The van der Waals surface area contributed by atoms with Crippen LogP contribution in [-0.4, -0.2) is 99.2 Å². The number of piperazine rings is 1. The Morgan fingerprint density at radius 3 is 2.48 bits per heavy atom. The predicted molar refractivity (Wildman–Crippen MR) is 107 cm³/mol. The number of hydrogen-bond acceptors (Lipinski definition) is 6. The molecular formula is C20H33N5O2. The van der Waals surface area contributed by atoms with Crippen LogP contribution < -0.4 is 9.64 Å². The first-order chi connectivity index (χ1) is 13.0. The molecule has 0 radical (unpaired) electrons. The fourth-order valence-corrected chi connectivity index (χ4v) is 4.13. The van der Waals surface area contributed by atoms with Gasteiger partial charge in [-0.05, 0) is 40.1 Å². The fraction of sp³-hybridized carbons (Fsp3) is 0.700. The van der Waals surface area contributed by atoms with Crippen molar-refractivity contribution in [2.45, 2.75) is 18.9 Å². The molecule has 0 spiro atoms. The van der Waals surface area contributed by atoms with Crippen LogP contribution in [0.5, 0.6) is 5.88 Å². The molecule has 2 fully saturated rings. The van der Waals surface area contributed by atoms with Crippen molar-refractivity contribution in [3.63, 3.8) is 0 Å². The van der Waals surface area contributed by atoms with Gasteiger partial charge < -0.3 is 24.3 Å². The first-order valence-electron chi connectivity index (χ1n) is 9.86. The van der Waals surface area contributed by atoms with Gasteiger partial charge in [-0.3, -0.25) is 4.79 Å². The highest BCUT2D eigenvalue weighted by atomic mass is 16.5. The first-order valence-corrected chi connectivity index (χ1v) is 9.86. The number of carbonyl (C=O) groups excluding carboxylic acids is 1. The molecule has 7 nitrogen and oxygen atoms in total.